The number of carbonyl (C=O) groups is 1. The molecule has 0 saturated heterocycles. The lowest BCUT2D eigenvalue weighted by Gasteiger charge is -2.22. The van der Waals surface area contributed by atoms with Crippen LogP contribution in [0.25, 0.3) is 10.8 Å². The van der Waals surface area contributed by atoms with Crippen LogP contribution in [-0.4, -0.2) is 15.7 Å². The van der Waals surface area contributed by atoms with E-state index >= 15 is 0 Å². The Bertz CT molecular complexity index is 735. The molecule has 1 atom stereocenters. The average Bonchev–Trinajstić information content (AvgIpc) is 2.55. The van der Waals surface area contributed by atoms with Crippen LogP contribution in [0.3, 0.4) is 0 Å². The first-order valence-corrected chi connectivity index (χ1v) is 9.94. The van der Waals surface area contributed by atoms with Crippen molar-refractivity contribution in [3.8, 4) is 0 Å². The van der Waals surface area contributed by atoms with E-state index in [1.54, 1.807) is 18.2 Å². The van der Waals surface area contributed by atoms with Crippen LogP contribution in [0, 0.1) is 0 Å². The molecule has 2 aromatic carbocycles. The Balaban J connectivity index is 2.23. The third kappa shape index (κ3) is 4.91. The van der Waals surface area contributed by atoms with Gasteiger partial charge in [0, 0.05) is 6.42 Å². The molecule has 1 unspecified atom stereocenters. The minimum absolute atomic E-state index is 0.279. The van der Waals surface area contributed by atoms with Crippen molar-refractivity contribution >= 4 is 24.3 Å². The lowest BCUT2D eigenvalue weighted by Crippen LogP contribution is -2.28. The van der Waals surface area contributed by atoms with Crippen molar-refractivity contribution in [1.82, 2.24) is 5.32 Å². The number of hydrogen-bond acceptors (Lipinski definition) is 2. The molecule has 24 heavy (non-hydrogen) atoms. The summed E-state index contributed by atoms with van der Waals surface area (Å²) in [5, 5.41) is 4.16. The highest BCUT2D eigenvalue weighted by Gasteiger charge is 2.32. The first-order valence-electron chi connectivity index (χ1n) is 8.25. The molecule has 0 heterocycles. The quantitative estimate of drug-likeness (QED) is 0.495. The summed E-state index contributed by atoms with van der Waals surface area (Å²) in [6.45, 7) is 2.09. The van der Waals surface area contributed by atoms with Gasteiger partial charge in [0.15, 0.2) is 5.78 Å². The molecule has 5 nitrogen and oxygen atoms in total. The number of nitrogens with one attached hydrogen (secondary N) is 1. The van der Waals surface area contributed by atoms with Gasteiger partial charge in [0.25, 0.3) is 0 Å². The van der Waals surface area contributed by atoms with Gasteiger partial charge in [-0.1, -0.05) is 68.7 Å². The molecule has 3 N–H and O–H groups in total. The van der Waals surface area contributed by atoms with Crippen LogP contribution in [0.5, 0.6) is 0 Å². The molecule has 0 aromatic heterocycles. The molecule has 0 aliphatic carbocycles. The summed E-state index contributed by atoms with van der Waals surface area (Å²) in [5.41, 5.74) is 0.448. The summed E-state index contributed by atoms with van der Waals surface area (Å²) in [6, 6.07) is 12.6. The molecule has 2 rings (SSSR count). The Morgan fingerprint density at radius 1 is 1.08 bits per heavy atom. The van der Waals surface area contributed by atoms with Crippen LogP contribution in [0.1, 0.15) is 50.4 Å². The number of fused-ring (bicyclic) bond motifs is 1. The first-order chi connectivity index (χ1) is 11.4. The molecular formula is C18H24NO4P. The zero-order valence-electron chi connectivity index (χ0n) is 13.8. The van der Waals surface area contributed by atoms with E-state index in [0.29, 0.717) is 5.56 Å². The summed E-state index contributed by atoms with van der Waals surface area (Å²) in [6.07, 6.45) is 4.07. The van der Waals surface area contributed by atoms with Crippen molar-refractivity contribution in [1.29, 1.82) is 0 Å². The van der Waals surface area contributed by atoms with Gasteiger partial charge in [0.2, 0.25) is 5.91 Å². The monoisotopic (exact) mass is 349 g/mol. The van der Waals surface area contributed by atoms with Crippen LogP contribution in [0.2, 0.25) is 0 Å². The minimum Gasteiger partial charge on any atom is -0.338 e. The van der Waals surface area contributed by atoms with E-state index in [9.17, 15) is 19.1 Å². The van der Waals surface area contributed by atoms with Crippen molar-refractivity contribution in [2.24, 2.45) is 0 Å². The predicted octanol–water partition coefficient (Wildman–Crippen LogP) is 4.10. The second-order valence-electron chi connectivity index (χ2n) is 5.94. The maximum atomic E-state index is 12.1. The van der Waals surface area contributed by atoms with E-state index in [1.807, 2.05) is 24.3 Å². The molecule has 2 aromatic rings. The normalized spacial score (nSPS) is 13.0. The summed E-state index contributed by atoms with van der Waals surface area (Å²) in [7, 11) is -4.53. The lowest BCUT2D eigenvalue weighted by atomic mass is 10.0. The van der Waals surface area contributed by atoms with Crippen LogP contribution in [0.15, 0.2) is 42.5 Å². The van der Waals surface area contributed by atoms with Crippen LogP contribution >= 0.6 is 7.60 Å². The molecule has 0 bridgehead atoms. The third-order valence-corrected chi connectivity index (χ3v) is 5.09. The number of rotatable bonds is 8. The number of hydrogen-bond donors (Lipinski definition) is 3. The Labute approximate surface area is 142 Å². The third-order valence-electron chi connectivity index (χ3n) is 4.01. The van der Waals surface area contributed by atoms with Gasteiger partial charge in [-0.05, 0) is 22.8 Å². The zero-order chi connectivity index (χ0) is 17.6. The molecule has 0 radical (unpaired) electrons. The molecule has 0 fully saturated rings. The molecular weight excluding hydrogens is 325 g/mol. The fraction of sp³-hybridized carbons (Fsp3) is 0.389. The van der Waals surface area contributed by atoms with Gasteiger partial charge in [-0.25, -0.2) is 0 Å². The second-order valence-corrected chi connectivity index (χ2v) is 7.63. The highest BCUT2D eigenvalue weighted by atomic mass is 31.2. The van der Waals surface area contributed by atoms with Crippen LogP contribution < -0.4 is 5.32 Å². The SMILES string of the molecule is CCCCCCC(=O)NC(c1cccc2ccccc12)P(=O)(O)O. The molecule has 0 aliphatic rings. The number of benzene rings is 2. The van der Waals surface area contributed by atoms with E-state index in [1.165, 1.54) is 0 Å². The highest BCUT2D eigenvalue weighted by Crippen LogP contribution is 2.51. The van der Waals surface area contributed by atoms with Gasteiger partial charge in [-0.2, -0.15) is 0 Å². The first kappa shape index (κ1) is 18.7. The molecule has 130 valence electrons. The number of carbonyl (C=O) groups excluding carboxylic acids is 1. The van der Waals surface area contributed by atoms with Crippen molar-refractivity contribution < 1.29 is 19.1 Å². The second kappa shape index (κ2) is 8.43. The molecule has 0 aliphatic heterocycles. The molecule has 0 spiro atoms. The maximum absolute atomic E-state index is 12.1. The topological polar surface area (TPSA) is 86.6 Å². The van der Waals surface area contributed by atoms with E-state index in [-0.39, 0.29) is 12.3 Å². The fourth-order valence-electron chi connectivity index (χ4n) is 2.77. The molecule has 0 saturated carbocycles. The zero-order valence-corrected chi connectivity index (χ0v) is 14.7. The predicted molar refractivity (Wildman–Crippen MR) is 95.6 cm³/mol. The highest BCUT2D eigenvalue weighted by molar-refractivity contribution is 7.52. The Morgan fingerprint density at radius 3 is 2.50 bits per heavy atom. The van der Waals surface area contributed by atoms with Crippen molar-refractivity contribution in [2.75, 3.05) is 0 Å². The van der Waals surface area contributed by atoms with Gasteiger partial charge in [-0.3, -0.25) is 9.36 Å². The van der Waals surface area contributed by atoms with Gasteiger partial charge in [0.1, 0.15) is 0 Å². The van der Waals surface area contributed by atoms with E-state index in [2.05, 4.69) is 12.2 Å². The molecule has 6 heteroatoms. The van der Waals surface area contributed by atoms with E-state index in [0.717, 1.165) is 36.5 Å². The standard InChI is InChI=1S/C18H24NO4P/c1-2-3-4-5-13-17(20)19-18(24(21,22)23)16-12-8-10-14-9-6-7-11-15(14)16/h6-12,18H,2-5,13H2,1H3,(H,19,20)(H2,21,22,23). The van der Waals surface area contributed by atoms with Gasteiger partial charge in [-0.15, -0.1) is 0 Å². The van der Waals surface area contributed by atoms with Gasteiger partial charge >= 0.3 is 7.60 Å². The van der Waals surface area contributed by atoms with Crippen molar-refractivity contribution in [3.63, 3.8) is 0 Å². The van der Waals surface area contributed by atoms with E-state index < -0.39 is 13.4 Å². The fourth-order valence-corrected chi connectivity index (χ4v) is 3.67. The van der Waals surface area contributed by atoms with Gasteiger partial charge in [0.05, 0.1) is 0 Å². The van der Waals surface area contributed by atoms with Gasteiger partial charge < -0.3 is 15.1 Å². The number of amides is 1. The van der Waals surface area contributed by atoms with Crippen molar-refractivity contribution in [3.05, 3.63) is 48.0 Å². The lowest BCUT2D eigenvalue weighted by molar-refractivity contribution is -0.121. The van der Waals surface area contributed by atoms with Crippen LogP contribution in [0.4, 0.5) is 0 Å². The van der Waals surface area contributed by atoms with Crippen LogP contribution in [-0.2, 0) is 9.36 Å². The summed E-state index contributed by atoms with van der Waals surface area (Å²) in [4.78, 5) is 31.6. The largest absolute Gasteiger partial charge is 0.352 e. The number of unbranched alkanes of at least 4 members (excludes halogenated alkanes) is 3. The molecule has 1 amide bonds. The summed E-state index contributed by atoms with van der Waals surface area (Å²) >= 11 is 0. The smallest absolute Gasteiger partial charge is 0.338 e. The maximum Gasteiger partial charge on any atom is 0.352 e. The van der Waals surface area contributed by atoms with Crippen molar-refractivity contribution in [2.45, 2.75) is 44.8 Å². The Hall–Kier alpha value is -1.68. The Morgan fingerprint density at radius 2 is 1.79 bits per heavy atom. The summed E-state index contributed by atoms with van der Waals surface area (Å²) < 4.78 is 12.0. The van der Waals surface area contributed by atoms with E-state index in [4.69, 9.17) is 0 Å². The summed E-state index contributed by atoms with van der Waals surface area (Å²) in [5.74, 6) is -1.64. The average molecular weight is 349 g/mol. The minimum atomic E-state index is -4.53. The Kier molecular flexibility index (Phi) is 6.55.